The Morgan fingerprint density at radius 2 is 1.81 bits per heavy atom. The lowest BCUT2D eigenvalue weighted by Crippen LogP contribution is -2.21. The standard InChI is InChI=1S/C25H29BrClNO4/c1-16-15-21(23(26)17(2)24(16)27)31-14-6-9-22(29)28-19-12-10-18(11-13-19)25(30)32-20-7-4-3-5-8-20/h10-13,15,20H,3-9,14H2,1-2H3,(H,28,29). The number of anilines is 1. The van der Waals surface area contributed by atoms with Crippen LogP contribution < -0.4 is 10.1 Å². The Labute approximate surface area is 202 Å². The largest absolute Gasteiger partial charge is 0.492 e. The molecular weight excluding hydrogens is 494 g/mol. The van der Waals surface area contributed by atoms with Gasteiger partial charge >= 0.3 is 5.97 Å². The lowest BCUT2D eigenvalue weighted by Gasteiger charge is -2.21. The van der Waals surface area contributed by atoms with Crippen molar-refractivity contribution >= 4 is 45.1 Å². The first-order chi connectivity index (χ1) is 15.3. The molecule has 32 heavy (non-hydrogen) atoms. The first-order valence-corrected chi connectivity index (χ1v) is 12.2. The second-order valence-corrected chi connectivity index (χ2v) is 9.36. The Morgan fingerprint density at radius 3 is 2.50 bits per heavy atom. The molecule has 0 unspecified atom stereocenters. The van der Waals surface area contributed by atoms with Crippen molar-refractivity contribution in [2.24, 2.45) is 0 Å². The molecule has 5 nitrogen and oxygen atoms in total. The van der Waals surface area contributed by atoms with Crippen LogP contribution in [0.25, 0.3) is 0 Å². The smallest absolute Gasteiger partial charge is 0.338 e. The van der Waals surface area contributed by atoms with Crippen molar-refractivity contribution in [1.29, 1.82) is 0 Å². The second kappa shape index (κ2) is 11.7. The topological polar surface area (TPSA) is 64.6 Å². The fraction of sp³-hybridized carbons (Fsp3) is 0.440. The molecule has 0 bridgehead atoms. The van der Waals surface area contributed by atoms with Crippen molar-refractivity contribution in [3.8, 4) is 5.75 Å². The van der Waals surface area contributed by atoms with E-state index in [4.69, 9.17) is 21.1 Å². The van der Waals surface area contributed by atoms with Gasteiger partial charge in [-0.1, -0.05) is 18.0 Å². The Hall–Kier alpha value is -2.05. The molecule has 1 amide bonds. The average molecular weight is 523 g/mol. The van der Waals surface area contributed by atoms with Gasteiger partial charge in [0.2, 0.25) is 5.91 Å². The molecule has 1 aliphatic rings. The molecule has 0 saturated heterocycles. The van der Waals surface area contributed by atoms with Gasteiger partial charge in [0.1, 0.15) is 11.9 Å². The van der Waals surface area contributed by atoms with E-state index in [-0.39, 0.29) is 18.0 Å². The van der Waals surface area contributed by atoms with E-state index in [0.717, 1.165) is 52.1 Å². The molecule has 0 spiro atoms. The molecule has 2 aromatic carbocycles. The van der Waals surface area contributed by atoms with Crippen molar-refractivity contribution in [3.05, 3.63) is 56.5 Å². The first kappa shape index (κ1) is 24.6. The number of hydrogen-bond acceptors (Lipinski definition) is 4. The average Bonchev–Trinajstić information content (AvgIpc) is 2.79. The number of carbonyl (C=O) groups excluding carboxylic acids is 2. The van der Waals surface area contributed by atoms with E-state index in [1.54, 1.807) is 24.3 Å². The predicted octanol–water partition coefficient (Wildman–Crippen LogP) is 7.01. The minimum atomic E-state index is -0.300. The summed E-state index contributed by atoms with van der Waals surface area (Å²) in [5.41, 5.74) is 3.04. The van der Waals surface area contributed by atoms with Gasteiger partial charge in [-0.25, -0.2) is 4.79 Å². The van der Waals surface area contributed by atoms with E-state index in [0.29, 0.717) is 30.7 Å². The third-order valence-corrected chi connectivity index (χ3v) is 7.17. The van der Waals surface area contributed by atoms with E-state index in [1.165, 1.54) is 6.42 Å². The molecule has 0 aromatic heterocycles. The summed E-state index contributed by atoms with van der Waals surface area (Å²) in [5, 5.41) is 3.57. The molecule has 7 heteroatoms. The zero-order chi connectivity index (χ0) is 23.1. The second-order valence-electron chi connectivity index (χ2n) is 8.19. The van der Waals surface area contributed by atoms with Crippen molar-refractivity contribution in [3.63, 3.8) is 0 Å². The third-order valence-electron chi connectivity index (χ3n) is 5.60. The Balaban J connectivity index is 1.42. The summed E-state index contributed by atoms with van der Waals surface area (Å²) in [6, 6.07) is 8.71. The number of benzene rings is 2. The van der Waals surface area contributed by atoms with Gasteiger partial charge in [-0.05, 0) is 103 Å². The molecular formula is C25H29BrClNO4. The number of halogens is 2. The summed E-state index contributed by atoms with van der Waals surface area (Å²) in [4.78, 5) is 24.5. The maximum absolute atomic E-state index is 12.3. The molecule has 172 valence electrons. The number of rotatable bonds is 8. The molecule has 1 N–H and O–H groups in total. The molecule has 0 heterocycles. The number of carbonyl (C=O) groups is 2. The van der Waals surface area contributed by atoms with Crippen LogP contribution in [0.2, 0.25) is 5.02 Å². The van der Waals surface area contributed by atoms with Crippen molar-refractivity contribution in [1.82, 2.24) is 0 Å². The van der Waals surface area contributed by atoms with Gasteiger partial charge in [0.15, 0.2) is 0 Å². The van der Waals surface area contributed by atoms with Crippen LogP contribution in [0.1, 0.15) is 66.4 Å². The summed E-state index contributed by atoms with van der Waals surface area (Å²) in [6.07, 6.45) is 6.26. The SMILES string of the molecule is Cc1cc(OCCCC(=O)Nc2ccc(C(=O)OC3CCCCC3)cc2)c(Br)c(C)c1Cl. The molecule has 2 aromatic rings. The molecule has 0 aliphatic heterocycles. The molecule has 0 radical (unpaired) electrons. The van der Waals surface area contributed by atoms with Crippen LogP contribution in [-0.2, 0) is 9.53 Å². The number of esters is 1. The van der Waals surface area contributed by atoms with E-state index in [1.807, 2.05) is 19.9 Å². The van der Waals surface area contributed by atoms with Gasteiger partial charge in [-0.2, -0.15) is 0 Å². The van der Waals surface area contributed by atoms with Crippen molar-refractivity contribution < 1.29 is 19.1 Å². The minimum Gasteiger partial charge on any atom is -0.492 e. The van der Waals surface area contributed by atoms with Crippen LogP contribution in [0.5, 0.6) is 5.75 Å². The lowest BCUT2D eigenvalue weighted by atomic mass is 9.98. The van der Waals surface area contributed by atoms with Gasteiger partial charge in [-0.15, -0.1) is 0 Å². The number of ether oxygens (including phenoxy) is 2. The van der Waals surface area contributed by atoms with E-state index in [2.05, 4.69) is 21.2 Å². The number of nitrogens with one attached hydrogen (secondary N) is 1. The van der Waals surface area contributed by atoms with Crippen molar-refractivity contribution in [2.75, 3.05) is 11.9 Å². The highest BCUT2D eigenvalue weighted by molar-refractivity contribution is 9.10. The predicted molar refractivity (Wildman–Crippen MR) is 131 cm³/mol. The number of amides is 1. The summed E-state index contributed by atoms with van der Waals surface area (Å²) >= 11 is 9.75. The van der Waals surface area contributed by atoms with Gasteiger partial charge in [0.05, 0.1) is 16.6 Å². The van der Waals surface area contributed by atoms with E-state index < -0.39 is 0 Å². The number of hydrogen-bond donors (Lipinski definition) is 1. The summed E-state index contributed by atoms with van der Waals surface area (Å²) in [5.74, 6) is 0.319. The van der Waals surface area contributed by atoms with Crippen LogP contribution in [0, 0.1) is 13.8 Å². The third kappa shape index (κ3) is 6.72. The van der Waals surface area contributed by atoms with Crippen LogP contribution in [0.4, 0.5) is 5.69 Å². The van der Waals surface area contributed by atoms with Crippen molar-refractivity contribution in [2.45, 2.75) is 64.9 Å². The highest BCUT2D eigenvalue weighted by Gasteiger charge is 2.18. The van der Waals surface area contributed by atoms with Crippen LogP contribution in [0.3, 0.4) is 0 Å². The summed E-state index contributed by atoms with van der Waals surface area (Å²) in [7, 11) is 0. The lowest BCUT2D eigenvalue weighted by molar-refractivity contribution is -0.116. The van der Waals surface area contributed by atoms with E-state index >= 15 is 0 Å². The van der Waals surface area contributed by atoms with Gasteiger partial charge in [-0.3, -0.25) is 4.79 Å². The highest BCUT2D eigenvalue weighted by atomic mass is 79.9. The molecule has 1 aliphatic carbocycles. The molecule has 3 rings (SSSR count). The van der Waals surface area contributed by atoms with E-state index in [9.17, 15) is 9.59 Å². The van der Waals surface area contributed by atoms with Gasteiger partial charge < -0.3 is 14.8 Å². The summed E-state index contributed by atoms with van der Waals surface area (Å²) < 4.78 is 12.2. The maximum atomic E-state index is 12.3. The monoisotopic (exact) mass is 521 g/mol. The zero-order valence-corrected chi connectivity index (χ0v) is 20.9. The molecule has 1 fully saturated rings. The zero-order valence-electron chi connectivity index (χ0n) is 18.5. The normalized spacial score (nSPS) is 14.1. The van der Waals surface area contributed by atoms with Crippen LogP contribution in [0.15, 0.2) is 34.8 Å². The Morgan fingerprint density at radius 1 is 1.12 bits per heavy atom. The maximum Gasteiger partial charge on any atom is 0.338 e. The van der Waals surface area contributed by atoms with Crippen LogP contribution in [-0.4, -0.2) is 24.6 Å². The quantitative estimate of drug-likeness (QED) is 0.299. The molecule has 0 atom stereocenters. The first-order valence-electron chi connectivity index (χ1n) is 11.0. The van der Waals surface area contributed by atoms with Gasteiger partial charge in [0, 0.05) is 17.1 Å². The number of aryl methyl sites for hydroxylation is 1. The Bertz CT molecular complexity index is 955. The molecule has 1 saturated carbocycles. The Kier molecular flexibility index (Phi) is 9.00. The fourth-order valence-electron chi connectivity index (χ4n) is 3.74. The van der Waals surface area contributed by atoms with Crippen LogP contribution >= 0.6 is 27.5 Å². The van der Waals surface area contributed by atoms with Gasteiger partial charge in [0.25, 0.3) is 0 Å². The highest BCUT2D eigenvalue weighted by Crippen LogP contribution is 2.35. The minimum absolute atomic E-state index is 0.0270. The fourth-order valence-corrected chi connectivity index (χ4v) is 4.43. The summed E-state index contributed by atoms with van der Waals surface area (Å²) in [6.45, 7) is 4.28.